The first-order valence-corrected chi connectivity index (χ1v) is 3.69. The largest absolute Gasteiger partial charge is 0.377 e. The van der Waals surface area contributed by atoms with Gasteiger partial charge in [0.15, 0.2) is 0 Å². The van der Waals surface area contributed by atoms with Gasteiger partial charge in [-0.3, -0.25) is 0 Å². The van der Waals surface area contributed by atoms with Gasteiger partial charge < -0.3 is 10.1 Å². The van der Waals surface area contributed by atoms with Crippen LogP contribution in [-0.2, 0) is 4.74 Å². The molecule has 9 heavy (non-hydrogen) atoms. The van der Waals surface area contributed by atoms with Crippen LogP contribution in [0.5, 0.6) is 0 Å². The maximum atomic E-state index is 5.45. The Hall–Kier alpha value is -0.0800. The predicted octanol–water partition coefficient (Wildman–Crippen LogP) is 0.773. The molecule has 0 aliphatic carbocycles. The van der Waals surface area contributed by atoms with E-state index in [2.05, 4.69) is 12.2 Å². The zero-order valence-electron chi connectivity index (χ0n) is 6.18. The van der Waals surface area contributed by atoms with Crippen molar-refractivity contribution in [1.82, 2.24) is 5.32 Å². The smallest absolute Gasteiger partial charge is 0.0737 e. The molecule has 1 heterocycles. The fourth-order valence-electron chi connectivity index (χ4n) is 1.28. The third kappa shape index (κ3) is 1.66. The fraction of sp³-hybridized carbons (Fsp3) is 1.00. The first-order chi connectivity index (χ1) is 4.34. The van der Waals surface area contributed by atoms with Crippen LogP contribution in [0.25, 0.3) is 0 Å². The fourth-order valence-corrected chi connectivity index (χ4v) is 1.28. The molecule has 1 saturated heterocycles. The van der Waals surface area contributed by atoms with E-state index >= 15 is 0 Å². The molecule has 0 aromatic rings. The van der Waals surface area contributed by atoms with Gasteiger partial charge in [-0.15, -0.1) is 0 Å². The summed E-state index contributed by atoms with van der Waals surface area (Å²) in [5.41, 5.74) is 0. The van der Waals surface area contributed by atoms with Gasteiger partial charge in [-0.1, -0.05) is 0 Å². The SMILES string of the molecule is CCOC1CCNC1C. The molecule has 2 unspecified atom stereocenters. The van der Waals surface area contributed by atoms with Crippen molar-refractivity contribution in [3.63, 3.8) is 0 Å². The molecule has 1 aliphatic heterocycles. The molecule has 0 aromatic carbocycles. The van der Waals surface area contributed by atoms with Crippen LogP contribution in [0.2, 0.25) is 0 Å². The molecule has 1 fully saturated rings. The highest BCUT2D eigenvalue weighted by atomic mass is 16.5. The van der Waals surface area contributed by atoms with Crippen LogP contribution in [0.4, 0.5) is 0 Å². The lowest BCUT2D eigenvalue weighted by Crippen LogP contribution is -2.28. The van der Waals surface area contributed by atoms with Crippen molar-refractivity contribution in [2.24, 2.45) is 0 Å². The standard InChI is InChI=1S/C7H15NO/c1-3-9-7-4-5-8-6(7)2/h6-8H,3-5H2,1-2H3. The van der Waals surface area contributed by atoms with Crippen LogP contribution in [-0.4, -0.2) is 25.3 Å². The van der Waals surface area contributed by atoms with Crippen molar-refractivity contribution in [2.75, 3.05) is 13.2 Å². The summed E-state index contributed by atoms with van der Waals surface area (Å²) in [5, 5.41) is 3.33. The lowest BCUT2D eigenvalue weighted by molar-refractivity contribution is 0.0583. The van der Waals surface area contributed by atoms with E-state index in [9.17, 15) is 0 Å². The Morgan fingerprint density at radius 3 is 2.89 bits per heavy atom. The van der Waals surface area contributed by atoms with Gasteiger partial charge in [0.05, 0.1) is 6.10 Å². The highest BCUT2D eigenvalue weighted by molar-refractivity contribution is 4.80. The molecule has 0 radical (unpaired) electrons. The van der Waals surface area contributed by atoms with Gasteiger partial charge >= 0.3 is 0 Å². The quantitative estimate of drug-likeness (QED) is 0.594. The predicted molar refractivity (Wildman–Crippen MR) is 37.5 cm³/mol. The van der Waals surface area contributed by atoms with Crippen LogP contribution in [0.3, 0.4) is 0 Å². The third-order valence-corrected chi connectivity index (χ3v) is 1.83. The molecule has 1 N–H and O–H groups in total. The molecule has 0 bridgehead atoms. The van der Waals surface area contributed by atoms with E-state index in [4.69, 9.17) is 4.74 Å². The molecule has 54 valence electrons. The van der Waals surface area contributed by atoms with E-state index in [0.717, 1.165) is 13.2 Å². The van der Waals surface area contributed by atoms with Crippen LogP contribution in [0.15, 0.2) is 0 Å². The van der Waals surface area contributed by atoms with Crippen molar-refractivity contribution in [1.29, 1.82) is 0 Å². The second kappa shape index (κ2) is 3.18. The van der Waals surface area contributed by atoms with Crippen molar-refractivity contribution in [3.05, 3.63) is 0 Å². The Labute approximate surface area is 56.6 Å². The van der Waals surface area contributed by atoms with Gasteiger partial charge in [-0.05, 0) is 26.8 Å². The zero-order valence-corrected chi connectivity index (χ0v) is 6.18. The number of rotatable bonds is 2. The average Bonchev–Trinajstić information content (AvgIpc) is 2.18. The molecule has 0 amide bonds. The molecule has 2 atom stereocenters. The van der Waals surface area contributed by atoms with E-state index in [1.165, 1.54) is 6.42 Å². The summed E-state index contributed by atoms with van der Waals surface area (Å²) in [6, 6.07) is 0.560. The minimum absolute atomic E-state index is 0.468. The van der Waals surface area contributed by atoms with E-state index in [0.29, 0.717) is 12.1 Å². The molecule has 0 aromatic heterocycles. The number of hydrogen-bond acceptors (Lipinski definition) is 2. The Kier molecular flexibility index (Phi) is 2.49. The summed E-state index contributed by atoms with van der Waals surface area (Å²) in [6.45, 7) is 6.18. The normalized spacial score (nSPS) is 35.3. The van der Waals surface area contributed by atoms with Gasteiger partial charge in [0.2, 0.25) is 0 Å². The molecule has 1 aliphatic rings. The Morgan fingerprint density at radius 2 is 2.44 bits per heavy atom. The molecular weight excluding hydrogens is 114 g/mol. The monoisotopic (exact) mass is 129 g/mol. The summed E-state index contributed by atoms with van der Waals surface area (Å²) in [4.78, 5) is 0. The number of hydrogen-bond donors (Lipinski definition) is 1. The van der Waals surface area contributed by atoms with E-state index in [1.54, 1.807) is 0 Å². The van der Waals surface area contributed by atoms with Crippen LogP contribution >= 0.6 is 0 Å². The highest BCUT2D eigenvalue weighted by Crippen LogP contribution is 2.09. The summed E-state index contributed by atoms with van der Waals surface area (Å²) >= 11 is 0. The second-order valence-corrected chi connectivity index (χ2v) is 2.53. The van der Waals surface area contributed by atoms with Gasteiger partial charge in [0.1, 0.15) is 0 Å². The van der Waals surface area contributed by atoms with Gasteiger partial charge in [-0.2, -0.15) is 0 Å². The van der Waals surface area contributed by atoms with Crippen LogP contribution in [0.1, 0.15) is 20.3 Å². The second-order valence-electron chi connectivity index (χ2n) is 2.53. The molecule has 0 saturated carbocycles. The maximum absolute atomic E-state index is 5.45. The Morgan fingerprint density at radius 1 is 1.67 bits per heavy atom. The molecule has 2 nitrogen and oxygen atoms in total. The summed E-state index contributed by atoms with van der Waals surface area (Å²) in [7, 11) is 0. The summed E-state index contributed by atoms with van der Waals surface area (Å²) < 4.78 is 5.45. The lowest BCUT2D eigenvalue weighted by Gasteiger charge is -2.13. The summed E-state index contributed by atoms with van der Waals surface area (Å²) in [6.07, 6.45) is 1.64. The van der Waals surface area contributed by atoms with E-state index < -0.39 is 0 Å². The lowest BCUT2D eigenvalue weighted by atomic mass is 10.2. The molecular formula is C7H15NO. The van der Waals surface area contributed by atoms with Crippen molar-refractivity contribution in [3.8, 4) is 0 Å². The minimum atomic E-state index is 0.468. The van der Waals surface area contributed by atoms with Crippen LogP contribution in [0, 0.1) is 0 Å². The molecule has 2 heteroatoms. The Bertz CT molecular complexity index is 85.0. The molecule has 1 rings (SSSR count). The molecule has 0 spiro atoms. The average molecular weight is 129 g/mol. The van der Waals surface area contributed by atoms with Crippen molar-refractivity contribution in [2.45, 2.75) is 32.4 Å². The number of nitrogens with one attached hydrogen (secondary N) is 1. The summed E-state index contributed by atoms with van der Waals surface area (Å²) in [5.74, 6) is 0. The van der Waals surface area contributed by atoms with Crippen molar-refractivity contribution < 1.29 is 4.74 Å². The van der Waals surface area contributed by atoms with Crippen molar-refractivity contribution >= 4 is 0 Å². The minimum Gasteiger partial charge on any atom is -0.377 e. The number of ether oxygens (including phenoxy) is 1. The maximum Gasteiger partial charge on any atom is 0.0737 e. The van der Waals surface area contributed by atoms with E-state index in [1.807, 2.05) is 6.92 Å². The van der Waals surface area contributed by atoms with Gasteiger partial charge in [0, 0.05) is 12.6 Å². The third-order valence-electron chi connectivity index (χ3n) is 1.83. The first-order valence-electron chi connectivity index (χ1n) is 3.69. The highest BCUT2D eigenvalue weighted by Gasteiger charge is 2.22. The topological polar surface area (TPSA) is 21.3 Å². The van der Waals surface area contributed by atoms with Gasteiger partial charge in [-0.25, -0.2) is 0 Å². The van der Waals surface area contributed by atoms with E-state index in [-0.39, 0.29) is 0 Å². The Balaban J connectivity index is 2.22. The van der Waals surface area contributed by atoms with Gasteiger partial charge in [0.25, 0.3) is 0 Å². The zero-order chi connectivity index (χ0) is 6.69. The van der Waals surface area contributed by atoms with Crippen LogP contribution < -0.4 is 5.32 Å². The first kappa shape index (κ1) is 7.03.